The number of rotatable bonds is 2. The smallest absolute Gasteiger partial charge is 0.257 e. The van der Waals surface area contributed by atoms with Gasteiger partial charge in [-0.05, 0) is 24.6 Å². The summed E-state index contributed by atoms with van der Waals surface area (Å²) in [6.07, 6.45) is 2.81. The van der Waals surface area contributed by atoms with Crippen molar-refractivity contribution in [3.63, 3.8) is 0 Å². The van der Waals surface area contributed by atoms with E-state index in [-0.39, 0.29) is 16.5 Å². The highest BCUT2D eigenvalue weighted by molar-refractivity contribution is 6.32. The minimum Gasteiger partial charge on any atom is -0.304 e. The summed E-state index contributed by atoms with van der Waals surface area (Å²) in [6, 6.07) is 3.99. The Bertz CT molecular complexity index is 604. The van der Waals surface area contributed by atoms with E-state index in [2.05, 4.69) is 15.3 Å². The molecule has 0 saturated carbocycles. The lowest BCUT2D eigenvalue weighted by Crippen LogP contribution is -2.15. The van der Waals surface area contributed by atoms with Gasteiger partial charge in [0.15, 0.2) is 11.0 Å². The maximum absolute atomic E-state index is 13.1. The fraction of sp³-hybridized carbons (Fsp3) is 0.0833. The summed E-state index contributed by atoms with van der Waals surface area (Å²) >= 11 is 5.76. The van der Waals surface area contributed by atoms with Crippen LogP contribution in [0.4, 0.5) is 10.2 Å². The number of nitrogens with one attached hydrogen (secondary N) is 1. The summed E-state index contributed by atoms with van der Waals surface area (Å²) < 4.78 is 13.1. The molecule has 0 spiro atoms. The number of aromatic nitrogens is 2. The molecule has 0 radical (unpaired) electrons. The Morgan fingerprint density at radius 2 is 2.06 bits per heavy atom. The molecule has 92 valence electrons. The number of hydrogen-bond donors (Lipinski definition) is 1. The number of hydrogen-bond acceptors (Lipinski definition) is 3. The van der Waals surface area contributed by atoms with E-state index in [0.717, 1.165) is 6.07 Å². The van der Waals surface area contributed by atoms with Crippen LogP contribution in [-0.4, -0.2) is 15.9 Å². The van der Waals surface area contributed by atoms with Crippen molar-refractivity contribution in [2.75, 3.05) is 5.32 Å². The van der Waals surface area contributed by atoms with E-state index < -0.39 is 11.7 Å². The molecule has 4 nitrogen and oxygen atoms in total. The first-order chi connectivity index (χ1) is 8.58. The Hall–Kier alpha value is -2.01. The first kappa shape index (κ1) is 12.4. The molecule has 1 aromatic carbocycles. The van der Waals surface area contributed by atoms with E-state index in [4.69, 9.17) is 11.6 Å². The Labute approximate surface area is 108 Å². The van der Waals surface area contributed by atoms with Gasteiger partial charge in [-0.3, -0.25) is 4.79 Å². The average molecular weight is 266 g/mol. The van der Waals surface area contributed by atoms with E-state index >= 15 is 0 Å². The van der Waals surface area contributed by atoms with Crippen LogP contribution in [0.1, 0.15) is 15.9 Å². The molecule has 0 aliphatic carbocycles. The first-order valence-corrected chi connectivity index (χ1v) is 5.50. The van der Waals surface area contributed by atoms with Crippen molar-refractivity contribution in [2.45, 2.75) is 6.92 Å². The van der Waals surface area contributed by atoms with Gasteiger partial charge in [0.25, 0.3) is 5.91 Å². The van der Waals surface area contributed by atoms with Gasteiger partial charge in [0, 0.05) is 18.0 Å². The second-order valence-corrected chi connectivity index (χ2v) is 3.97. The largest absolute Gasteiger partial charge is 0.304 e. The lowest BCUT2D eigenvalue weighted by atomic mass is 10.1. The van der Waals surface area contributed by atoms with Gasteiger partial charge in [-0.1, -0.05) is 17.7 Å². The minimum atomic E-state index is -0.477. The number of aryl methyl sites for hydroxylation is 1. The Morgan fingerprint density at radius 3 is 2.78 bits per heavy atom. The topological polar surface area (TPSA) is 54.9 Å². The third-order valence-electron chi connectivity index (χ3n) is 2.33. The quantitative estimate of drug-likeness (QED) is 0.908. The standard InChI is InChI=1S/C12H9ClFN3O/c1-7-2-3-8(14)6-9(7)12(18)17-11-10(13)15-4-5-16-11/h2-6H,1H3,(H,16,17,18). The number of anilines is 1. The maximum Gasteiger partial charge on any atom is 0.257 e. The molecule has 1 amide bonds. The molecule has 0 atom stereocenters. The molecule has 2 aromatic rings. The van der Waals surface area contributed by atoms with Gasteiger partial charge in [-0.25, -0.2) is 14.4 Å². The lowest BCUT2D eigenvalue weighted by Gasteiger charge is -2.07. The van der Waals surface area contributed by atoms with Gasteiger partial charge in [0.2, 0.25) is 0 Å². The highest BCUT2D eigenvalue weighted by Crippen LogP contribution is 2.17. The molecular weight excluding hydrogens is 257 g/mol. The van der Waals surface area contributed by atoms with Crippen LogP contribution in [-0.2, 0) is 0 Å². The van der Waals surface area contributed by atoms with Crippen molar-refractivity contribution in [2.24, 2.45) is 0 Å². The van der Waals surface area contributed by atoms with Crippen molar-refractivity contribution in [1.82, 2.24) is 9.97 Å². The normalized spacial score (nSPS) is 10.2. The fourth-order valence-corrected chi connectivity index (χ4v) is 1.57. The predicted molar refractivity (Wildman–Crippen MR) is 66.1 cm³/mol. The van der Waals surface area contributed by atoms with Crippen molar-refractivity contribution in [3.8, 4) is 0 Å². The lowest BCUT2D eigenvalue weighted by molar-refractivity contribution is 0.102. The number of nitrogens with zero attached hydrogens (tertiary/aromatic N) is 2. The molecule has 0 aliphatic heterocycles. The third-order valence-corrected chi connectivity index (χ3v) is 2.61. The van der Waals surface area contributed by atoms with Gasteiger partial charge in [0.1, 0.15) is 5.82 Å². The highest BCUT2D eigenvalue weighted by Gasteiger charge is 2.12. The SMILES string of the molecule is Cc1ccc(F)cc1C(=O)Nc1nccnc1Cl. The monoisotopic (exact) mass is 265 g/mol. The Morgan fingerprint density at radius 1 is 1.33 bits per heavy atom. The van der Waals surface area contributed by atoms with Crippen molar-refractivity contribution < 1.29 is 9.18 Å². The summed E-state index contributed by atoms with van der Waals surface area (Å²) in [5, 5.41) is 2.57. The molecule has 1 N–H and O–H groups in total. The molecular formula is C12H9ClFN3O. The second-order valence-electron chi connectivity index (χ2n) is 3.61. The minimum absolute atomic E-state index is 0.0832. The van der Waals surface area contributed by atoms with Crippen LogP contribution in [0.3, 0.4) is 0 Å². The number of carbonyl (C=O) groups is 1. The van der Waals surface area contributed by atoms with Crippen LogP contribution in [0.25, 0.3) is 0 Å². The van der Waals surface area contributed by atoms with Gasteiger partial charge in [0.05, 0.1) is 0 Å². The van der Waals surface area contributed by atoms with Gasteiger partial charge in [-0.15, -0.1) is 0 Å². The van der Waals surface area contributed by atoms with Crippen LogP contribution in [0.15, 0.2) is 30.6 Å². The van der Waals surface area contributed by atoms with E-state index in [1.54, 1.807) is 6.92 Å². The van der Waals surface area contributed by atoms with Crippen LogP contribution in [0.5, 0.6) is 0 Å². The van der Waals surface area contributed by atoms with Crippen LogP contribution >= 0.6 is 11.6 Å². The molecule has 1 heterocycles. The molecule has 0 saturated heterocycles. The van der Waals surface area contributed by atoms with Gasteiger partial charge < -0.3 is 5.32 Å². The van der Waals surface area contributed by atoms with Crippen LogP contribution in [0.2, 0.25) is 5.15 Å². The van der Waals surface area contributed by atoms with E-state index in [1.165, 1.54) is 24.5 Å². The Balaban J connectivity index is 2.28. The van der Waals surface area contributed by atoms with Gasteiger partial charge in [-0.2, -0.15) is 0 Å². The first-order valence-electron chi connectivity index (χ1n) is 5.12. The van der Waals surface area contributed by atoms with Crippen LogP contribution in [0, 0.1) is 12.7 Å². The second kappa shape index (κ2) is 5.10. The molecule has 2 rings (SSSR count). The van der Waals surface area contributed by atoms with Crippen LogP contribution < -0.4 is 5.32 Å². The van der Waals surface area contributed by atoms with Crippen molar-refractivity contribution >= 4 is 23.3 Å². The molecule has 18 heavy (non-hydrogen) atoms. The maximum atomic E-state index is 13.1. The summed E-state index contributed by atoms with van der Waals surface area (Å²) in [6.45, 7) is 1.71. The molecule has 0 aliphatic rings. The predicted octanol–water partition coefficient (Wildman–Crippen LogP) is 2.83. The summed E-state index contributed by atoms with van der Waals surface area (Å²) in [4.78, 5) is 19.6. The summed E-state index contributed by atoms with van der Waals surface area (Å²) in [5.74, 6) is -0.807. The Kier molecular flexibility index (Phi) is 3.53. The fourth-order valence-electron chi connectivity index (χ4n) is 1.42. The van der Waals surface area contributed by atoms with E-state index in [9.17, 15) is 9.18 Å². The van der Waals surface area contributed by atoms with Crippen molar-refractivity contribution in [1.29, 1.82) is 0 Å². The highest BCUT2D eigenvalue weighted by atomic mass is 35.5. The number of benzene rings is 1. The molecule has 0 bridgehead atoms. The number of carbonyl (C=O) groups excluding carboxylic acids is 1. The zero-order valence-corrected chi connectivity index (χ0v) is 10.2. The summed E-state index contributed by atoms with van der Waals surface area (Å²) in [5.41, 5.74) is 0.894. The zero-order valence-electron chi connectivity index (χ0n) is 9.45. The molecule has 6 heteroatoms. The van der Waals surface area contributed by atoms with Gasteiger partial charge >= 0.3 is 0 Å². The van der Waals surface area contributed by atoms with Crippen molar-refractivity contribution in [3.05, 3.63) is 52.7 Å². The molecule has 1 aromatic heterocycles. The number of amides is 1. The summed E-state index contributed by atoms with van der Waals surface area (Å²) in [7, 11) is 0. The van der Waals surface area contributed by atoms with E-state index in [0.29, 0.717) is 5.56 Å². The third kappa shape index (κ3) is 2.62. The molecule has 0 fully saturated rings. The van der Waals surface area contributed by atoms with E-state index in [1.807, 2.05) is 0 Å². The number of halogens is 2. The molecule has 0 unspecified atom stereocenters. The zero-order chi connectivity index (χ0) is 13.1. The average Bonchev–Trinajstić information content (AvgIpc) is 2.35.